The van der Waals surface area contributed by atoms with E-state index in [9.17, 15) is 4.39 Å². The summed E-state index contributed by atoms with van der Waals surface area (Å²) in [7, 11) is 2.89. The molecule has 0 aliphatic heterocycles. The van der Waals surface area contributed by atoms with Crippen LogP contribution >= 0.6 is 0 Å². The van der Waals surface area contributed by atoms with Crippen LogP contribution in [-0.4, -0.2) is 25.9 Å². The Labute approximate surface area is 88.4 Å². The maximum absolute atomic E-state index is 13.7. The van der Waals surface area contributed by atoms with Crippen LogP contribution in [0.15, 0.2) is 12.1 Å². The van der Waals surface area contributed by atoms with E-state index in [-0.39, 0.29) is 18.3 Å². The van der Waals surface area contributed by atoms with Gasteiger partial charge in [-0.3, -0.25) is 0 Å². The molecule has 1 aromatic carbocycles. The van der Waals surface area contributed by atoms with Crippen LogP contribution in [0.1, 0.15) is 18.4 Å². The van der Waals surface area contributed by atoms with Crippen LogP contribution < -0.4 is 9.47 Å². The number of rotatable bonds is 4. The summed E-state index contributed by atoms with van der Waals surface area (Å²) >= 11 is 0. The van der Waals surface area contributed by atoms with Crippen LogP contribution in [0.5, 0.6) is 11.5 Å². The molecule has 0 amide bonds. The standard InChI is InChI=1S/C11H15FO3/c1-7(6-13)9-4-8(14-2)5-10(15-3)11(9)12/h4-5,7,13H,6H2,1-3H3. The summed E-state index contributed by atoms with van der Waals surface area (Å²) in [6.07, 6.45) is 0. The van der Waals surface area contributed by atoms with Crippen molar-refractivity contribution in [3.05, 3.63) is 23.5 Å². The van der Waals surface area contributed by atoms with E-state index in [1.165, 1.54) is 20.3 Å². The highest BCUT2D eigenvalue weighted by molar-refractivity contribution is 5.41. The fourth-order valence-corrected chi connectivity index (χ4v) is 1.32. The van der Waals surface area contributed by atoms with Crippen molar-refractivity contribution in [2.75, 3.05) is 20.8 Å². The summed E-state index contributed by atoms with van der Waals surface area (Å²) in [5, 5.41) is 8.99. The molecule has 0 aliphatic carbocycles. The summed E-state index contributed by atoms with van der Waals surface area (Å²) in [6, 6.07) is 3.04. The van der Waals surface area contributed by atoms with Gasteiger partial charge in [-0.25, -0.2) is 4.39 Å². The molecule has 3 nitrogen and oxygen atoms in total. The molecule has 1 atom stereocenters. The summed E-state index contributed by atoms with van der Waals surface area (Å²) in [5.41, 5.74) is 0.397. The Balaban J connectivity index is 3.23. The molecule has 0 fully saturated rings. The Morgan fingerprint density at radius 3 is 2.47 bits per heavy atom. The zero-order valence-corrected chi connectivity index (χ0v) is 9.08. The predicted molar refractivity (Wildman–Crippen MR) is 55.0 cm³/mol. The molecule has 0 aliphatic rings. The average Bonchev–Trinajstić information content (AvgIpc) is 2.28. The number of ether oxygens (including phenoxy) is 2. The molecule has 0 radical (unpaired) electrons. The van der Waals surface area contributed by atoms with Gasteiger partial charge in [-0.2, -0.15) is 0 Å². The molecular weight excluding hydrogens is 199 g/mol. The molecule has 0 spiro atoms. The van der Waals surface area contributed by atoms with Crippen molar-refractivity contribution in [3.63, 3.8) is 0 Å². The Morgan fingerprint density at radius 1 is 1.33 bits per heavy atom. The zero-order chi connectivity index (χ0) is 11.4. The first-order valence-electron chi connectivity index (χ1n) is 4.66. The Hall–Kier alpha value is -1.29. The van der Waals surface area contributed by atoms with Crippen molar-refractivity contribution in [1.82, 2.24) is 0 Å². The van der Waals surface area contributed by atoms with Crippen molar-refractivity contribution in [2.24, 2.45) is 0 Å². The summed E-state index contributed by atoms with van der Waals surface area (Å²) in [6.45, 7) is 1.62. The molecular formula is C11H15FO3. The van der Waals surface area contributed by atoms with Crippen LogP contribution in [-0.2, 0) is 0 Å². The third-order valence-electron chi connectivity index (χ3n) is 2.30. The van der Waals surface area contributed by atoms with Gasteiger partial charge in [-0.1, -0.05) is 6.92 Å². The second kappa shape index (κ2) is 4.98. The minimum atomic E-state index is -0.445. The maximum atomic E-state index is 13.7. The highest BCUT2D eigenvalue weighted by Gasteiger charge is 2.16. The lowest BCUT2D eigenvalue weighted by Crippen LogP contribution is -2.04. The molecule has 1 aromatic rings. The average molecular weight is 214 g/mol. The highest BCUT2D eigenvalue weighted by atomic mass is 19.1. The first-order chi connectivity index (χ1) is 7.13. The lowest BCUT2D eigenvalue weighted by molar-refractivity contribution is 0.268. The van der Waals surface area contributed by atoms with E-state index in [1.807, 2.05) is 0 Å². The normalized spacial score (nSPS) is 12.3. The van der Waals surface area contributed by atoms with Gasteiger partial charge >= 0.3 is 0 Å². The van der Waals surface area contributed by atoms with Gasteiger partial charge in [0.25, 0.3) is 0 Å². The molecule has 4 heteroatoms. The van der Waals surface area contributed by atoms with Crippen LogP contribution in [0.25, 0.3) is 0 Å². The van der Waals surface area contributed by atoms with Crippen molar-refractivity contribution in [1.29, 1.82) is 0 Å². The van der Waals surface area contributed by atoms with E-state index in [4.69, 9.17) is 14.6 Å². The van der Waals surface area contributed by atoms with E-state index in [0.29, 0.717) is 11.3 Å². The minimum absolute atomic E-state index is 0.118. The van der Waals surface area contributed by atoms with Gasteiger partial charge in [0.2, 0.25) is 0 Å². The van der Waals surface area contributed by atoms with Crippen LogP contribution in [0.2, 0.25) is 0 Å². The largest absolute Gasteiger partial charge is 0.497 e. The van der Waals surface area contributed by atoms with Gasteiger partial charge in [0.05, 0.1) is 14.2 Å². The van der Waals surface area contributed by atoms with E-state index >= 15 is 0 Å². The SMILES string of the molecule is COc1cc(OC)c(F)c(C(C)CO)c1. The molecule has 0 saturated heterocycles. The molecule has 1 N–H and O–H groups in total. The second-order valence-electron chi connectivity index (χ2n) is 3.32. The predicted octanol–water partition coefficient (Wildman–Crippen LogP) is 1.94. The molecule has 84 valence electrons. The number of aliphatic hydroxyl groups excluding tert-OH is 1. The van der Waals surface area contributed by atoms with Crippen molar-refractivity contribution >= 4 is 0 Å². The van der Waals surface area contributed by atoms with Crippen molar-refractivity contribution < 1.29 is 19.0 Å². The number of hydrogen-bond donors (Lipinski definition) is 1. The molecule has 0 heterocycles. The molecule has 0 bridgehead atoms. The molecule has 0 aromatic heterocycles. The number of benzene rings is 1. The topological polar surface area (TPSA) is 38.7 Å². The smallest absolute Gasteiger partial charge is 0.168 e. The highest BCUT2D eigenvalue weighted by Crippen LogP contribution is 2.31. The van der Waals surface area contributed by atoms with Crippen molar-refractivity contribution in [3.8, 4) is 11.5 Å². The van der Waals surface area contributed by atoms with E-state index in [2.05, 4.69) is 0 Å². The summed E-state index contributed by atoms with van der Waals surface area (Å²) in [4.78, 5) is 0. The van der Waals surface area contributed by atoms with Gasteiger partial charge in [-0.15, -0.1) is 0 Å². The van der Waals surface area contributed by atoms with E-state index < -0.39 is 5.82 Å². The quantitative estimate of drug-likeness (QED) is 0.832. The van der Waals surface area contributed by atoms with Crippen LogP contribution in [0, 0.1) is 5.82 Å². The third-order valence-corrected chi connectivity index (χ3v) is 2.30. The molecule has 1 unspecified atom stereocenters. The Morgan fingerprint density at radius 2 is 2.00 bits per heavy atom. The molecule has 15 heavy (non-hydrogen) atoms. The Bertz CT molecular complexity index is 339. The molecule has 1 rings (SSSR count). The number of aliphatic hydroxyl groups is 1. The number of halogens is 1. The number of hydrogen-bond acceptors (Lipinski definition) is 3. The van der Waals surface area contributed by atoms with Crippen LogP contribution in [0.3, 0.4) is 0 Å². The fourth-order valence-electron chi connectivity index (χ4n) is 1.32. The van der Waals surface area contributed by atoms with Crippen LogP contribution in [0.4, 0.5) is 4.39 Å². The van der Waals surface area contributed by atoms with Gasteiger partial charge < -0.3 is 14.6 Å². The fraction of sp³-hybridized carbons (Fsp3) is 0.455. The van der Waals surface area contributed by atoms with E-state index in [0.717, 1.165) is 0 Å². The second-order valence-corrected chi connectivity index (χ2v) is 3.32. The van der Waals surface area contributed by atoms with Gasteiger partial charge in [-0.05, 0) is 6.07 Å². The third kappa shape index (κ3) is 2.39. The lowest BCUT2D eigenvalue weighted by atomic mass is 10.0. The monoisotopic (exact) mass is 214 g/mol. The summed E-state index contributed by atoms with van der Waals surface area (Å²) in [5.74, 6) is -0.0814. The van der Waals surface area contributed by atoms with Gasteiger partial charge in [0, 0.05) is 24.2 Å². The lowest BCUT2D eigenvalue weighted by Gasteiger charge is -2.14. The van der Waals surface area contributed by atoms with Gasteiger partial charge in [0.15, 0.2) is 11.6 Å². The molecule has 0 saturated carbocycles. The van der Waals surface area contributed by atoms with Crippen molar-refractivity contribution in [2.45, 2.75) is 12.8 Å². The maximum Gasteiger partial charge on any atom is 0.168 e. The van der Waals surface area contributed by atoms with Gasteiger partial charge in [0.1, 0.15) is 5.75 Å². The zero-order valence-electron chi connectivity index (χ0n) is 9.08. The minimum Gasteiger partial charge on any atom is -0.497 e. The number of methoxy groups -OCH3 is 2. The first-order valence-corrected chi connectivity index (χ1v) is 4.66. The van der Waals surface area contributed by atoms with E-state index in [1.54, 1.807) is 13.0 Å². The summed E-state index contributed by atoms with van der Waals surface area (Å²) < 4.78 is 23.6. The Kier molecular flexibility index (Phi) is 3.91. The first kappa shape index (κ1) is 11.8.